The third-order valence-electron chi connectivity index (χ3n) is 3.54. The van der Waals surface area contributed by atoms with E-state index in [-0.39, 0.29) is 18.3 Å². The molecule has 1 atom stereocenters. The van der Waals surface area contributed by atoms with Crippen molar-refractivity contribution >= 4 is 23.0 Å². The smallest absolute Gasteiger partial charge is 0.294 e. The van der Waals surface area contributed by atoms with Crippen LogP contribution in [0.3, 0.4) is 0 Å². The largest absolute Gasteiger partial charge is 0.396 e. The van der Waals surface area contributed by atoms with Gasteiger partial charge in [-0.15, -0.1) is 0 Å². The number of piperidine rings is 1. The van der Waals surface area contributed by atoms with E-state index in [1.807, 2.05) is 4.90 Å². The summed E-state index contributed by atoms with van der Waals surface area (Å²) in [6, 6.07) is 4.87. The SMILES string of the molecule is O=[N+]([O-])c1cccc(Cl)c1N1CCCCC1CCO. The van der Waals surface area contributed by atoms with E-state index in [1.165, 1.54) is 6.07 Å². The van der Waals surface area contributed by atoms with Crippen molar-refractivity contribution in [2.24, 2.45) is 0 Å². The van der Waals surface area contributed by atoms with Crippen molar-refractivity contribution in [2.75, 3.05) is 18.1 Å². The van der Waals surface area contributed by atoms with E-state index in [4.69, 9.17) is 16.7 Å². The van der Waals surface area contributed by atoms with Crippen molar-refractivity contribution in [1.29, 1.82) is 0 Å². The Bertz CT molecular complexity index is 465. The van der Waals surface area contributed by atoms with Crippen molar-refractivity contribution in [3.8, 4) is 0 Å². The quantitative estimate of drug-likeness (QED) is 0.682. The fraction of sp³-hybridized carbons (Fsp3) is 0.538. The fourth-order valence-corrected chi connectivity index (χ4v) is 2.96. The number of benzene rings is 1. The lowest BCUT2D eigenvalue weighted by atomic mass is 9.98. The summed E-state index contributed by atoms with van der Waals surface area (Å²) in [6.07, 6.45) is 3.62. The first kappa shape index (κ1) is 14.1. The fourth-order valence-electron chi connectivity index (χ4n) is 2.68. The lowest BCUT2D eigenvalue weighted by molar-refractivity contribution is -0.384. The van der Waals surface area contributed by atoms with Gasteiger partial charge in [0.05, 0.1) is 9.95 Å². The number of nitrogens with zero attached hydrogens (tertiary/aromatic N) is 2. The van der Waals surface area contributed by atoms with Gasteiger partial charge in [0.1, 0.15) is 5.69 Å². The molecular formula is C13H17ClN2O3. The molecule has 0 bridgehead atoms. The minimum Gasteiger partial charge on any atom is -0.396 e. The van der Waals surface area contributed by atoms with E-state index in [1.54, 1.807) is 12.1 Å². The van der Waals surface area contributed by atoms with Gasteiger partial charge in [-0.1, -0.05) is 17.7 Å². The molecule has 0 aromatic heterocycles. The molecule has 1 fully saturated rings. The molecule has 0 spiro atoms. The van der Waals surface area contributed by atoms with Gasteiger partial charge in [-0.2, -0.15) is 0 Å². The first-order valence-corrected chi connectivity index (χ1v) is 6.83. The highest BCUT2D eigenvalue weighted by Gasteiger charge is 2.29. The second-order valence-corrected chi connectivity index (χ2v) is 5.13. The minimum absolute atomic E-state index is 0.0392. The van der Waals surface area contributed by atoms with E-state index < -0.39 is 4.92 Å². The summed E-state index contributed by atoms with van der Waals surface area (Å²) in [5.74, 6) is 0. The molecule has 5 nitrogen and oxygen atoms in total. The summed E-state index contributed by atoms with van der Waals surface area (Å²) in [6.45, 7) is 0.828. The highest BCUT2D eigenvalue weighted by Crippen LogP contribution is 2.39. The van der Waals surface area contributed by atoms with Gasteiger partial charge in [0, 0.05) is 25.3 Å². The molecule has 1 aliphatic rings. The van der Waals surface area contributed by atoms with Gasteiger partial charge in [0.15, 0.2) is 0 Å². The van der Waals surface area contributed by atoms with E-state index >= 15 is 0 Å². The molecule has 0 radical (unpaired) electrons. The van der Waals surface area contributed by atoms with Crippen LogP contribution in [0.25, 0.3) is 0 Å². The van der Waals surface area contributed by atoms with Gasteiger partial charge in [0.25, 0.3) is 5.69 Å². The maximum Gasteiger partial charge on any atom is 0.294 e. The monoisotopic (exact) mass is 284 g/mol. The molecule has 1 saturated heterocycles. The van der Waals surface area contributed by atoms with Crippen LogP contribution >= 0.6 is 11.6 Å². The number of para-hydroxylation sites is 1. The summed E-state index contributed by atoms with van der Waals surface area (Å²) in [4.78, 5) is 12.7. The number of hydrogen-bond donors (Lipinski definition) is 1. The molecule has 104 valence electrons. The molecule has 1 aromatic rings. The standard InChI is InChI=1S/C13H17ClN2O3/c14-11-5-3-6-12(16(18)19)13(11)15-8-2-1-4-10(15)7-9-17/h3,5-6,10,17H,1-2,4,7-9H2. The molecule has 0 amide bonds. The summed E-state index contributed by atoms with van der Waals surface area (Å²) in [7, 11) is 0. The number of hydrogen-bond acceptors (Lipinski definition) is 4. The van der Waals surface area contributed by atoms with E-state index in [2.05, 4.69) is 0 Å². The Hall–Kier alpha value is -1.33. The third-order valence-corrected chi connectivity index (χ3v) is 3.84. The zero-order valence-electron chi connectivity index (χ0n) is 10.6. The van der Waals surface area contributed by atoms with Crippen LogP contribution in [0.15, 0.2) is 18.2 Å². The van der Waals surface area contributed by atoms with Gasteiger partial charge in [-0.05, 0) is 31.7 Å². The number of halogens is 1. The molecule has 0 saturated carbocycles. The van der Waals surface area contributed by atoms with Crippen LogP contribution in [-0.4, -0.2) is 29.2 Å². The van der Waals surface area contributed by atoms with Gasteiger partial charge in [0.2, 0.25) is 0 Å². The molecule has 1 unspecified atom stereocenters. The highest BCUT2D eigenvalue weighted by atomic mass is 35.5. The number of nitro benzene ring substituents is 1. The number of anilines is 1. The minimum atomic E-state index is -0.397. The average molecular weight is 285 g/mol. The summed E-state index contributed by atoms with van der Waals surface area (Å²) in [5.41, 5.74) is 0.532. The van der Waals surface area contributed by atoms with Crippen LogP contribution in [0.5, 0.6) is 0 Å². The van der Waals surface area contributed by atoms with Crippen LogP contribution in [0, 0.1) is 10.1 Å². The Balaban J connectivity index is 2.40. The van der Waals surface area contributed by atoms with Crippen molar-refractivity contribution in [3.05, 3.63) is 33.3 Å². The Morgan fingerprint density at radius 3 is 2.95 bits per heavy atom. The van der Waals surface area contributed by atoms with Crippen molar-refractivity contribution < 1.29 is 10.0 Å². The normalized spacial score (nSPS) is 19.5. The molecule has 19 heavy (non-hydrogen) atoms. The summed E-state index contributed by atoms with van der Waals surface area (Å²) in [5, 5.41) is 20.7. The predicted molar refractivity (Wildman–Crippen MR) is 74.8 cm³/mol. The maximum absolute atomic E-state index is 11.2. The molecule has 1 N–H and O–H groups in total. The van der Waals surface area contributed by atoms with Gasteiger partial charge in [-0.25, -0.2) is 0 Å². The number of rotatable bonds is 4. The Morgan fingerprint density at radius 2 is 2.26 bits per heavy atom. The average Bonchev–Trinajstić information content (AvgIpc) is 2.40. The zero-order chi connectivity index (χ0) is 13.8. The highest BCUT2D eigenvalue weighted by molar-refractivity contribution is 6.33. The van der Waals surface area contributed by atoms with Crippen LogP contribution in [0.4, 0.5) is 11.4 Å². The first-order valence-electron chi connectivity index (χ1n) is 6.45. The molecule has 2 rings (SSSR count). The van der Waals surface area contributed by atoms with Crippen LogP contribution in [0.1, 0.15) is 25.7 Å². The van der Waals surface area contributed by atoms with Crippen molar-refractivity contribution in [1.82, 2.24) is 0 Å². The Morgan fingerprint density at radius 1 is 1.47 bits per heavy atom. The Kier molecular flexibility index (Phi) is 4.61. The second kappa shape index (κ2) is 6.21. The lowest BCUT2D eigenvalue weighted by Crippen LogP contribution is -2.40. The van der Waals surface area contributed by atoms with Crippen LogP contribution < -0.4 is 4.90 Å². The number of nitro groups is 1. The van der Waals surface area contributed by atoms with E-state index in [0.29, 0.717) is 17.1 Å². The van der Waals surface area contributed by atoms with Crippen LogP contribution in [-0.2, 0) is 0 Å². The molecular weight excluding hydrogens is 268 g/mol. The molecule has 1 aromatic carbocycles. The first-order chi connectivity index (χ1) is 9.15. The molecule has 0 aliphatic carbocycles. The number of aliphatic hydroxyl groups excluding tert-OH is 1. The topological polar surface area (TPSA) is 66.6 Å². The predicted octanol–water partition coefficient (Wildman–Crippen LogP) is 2.99. The molecule has 6 heteroatoms. The van der Waals surface area contributed by atoms with Crippen molar-refractivity contribution in [3.63, 3.8) is 0 Å². The lowest BCUT2D eigenvalue weighted by Gasteiger charge is -2.37. The number of aliphatic hydroxyl groups is 1. The van der Waals surface area contributed by atoms with Gasteiger partial charge >= 0.3 is 0 Å². The van der Waals surface area contributed by atoms with Crippen LogP contribution in [0.2, 0.25) is 5.02 Å². The second-order valence-electron chi connectivity index (χ2n) is 4.72. The Labute approximate surface area is 116 Å². The third kappa shape index (κ3) is 2.98. The maximum atomic E-state index is 11.2. The van der Waals surface area contributed by atoms with E-state index in [0.717, 1.165) is 25.8 Å². The zero-order valence-corrected chi connectivity index (χ0v) is 11.3. The van der Waals surface area contributed by atoms with E-state index in [9.17, 15) is 10.1 Å². The summed E-state index contributed by atoms with van der Waals surface area (Å²) < 4.78 is 0. The molecule has 1 heterocycles. The molecule has 1 aliphatic heterocycles. The van der Waals surface area contributed by atoms with Crippen molar-refractivity contribution in [2.45, 2.75) is 31.7 Å². The van der Waals surface area contributed by atoms with Gasteiger partial charge < -0.3 is 10.0 Å². The van der Waals surface area contributed by atoms with Gasteiger partial charge in [-0.3, -0.25) is 10.1 Å². The summed E-state index contributed by atoms with van der Waals surface area (Å²) >= 11 is 6.16.